The van der Waals surface area contributed by atoms with Crippen LogP contribution in [0.3, 0.4) is 0 Å². The molecule has 1 N–H and O–H groups in total. The molecule has 0 saturated heterocycles. The minimum atomic E-state index is -1.01. The van der Waals surface area contributed by atoms with Crippen LogP contribution < -0.4 is 0 Å². The largest absolute Gasteiger partial charge is 0.465 e. The zero-order chi connectivity index (χ0) is 10.7. The molecule has 0 fully saturated rings. The summed E-state index contributed by atoms with van der Waals surface area (Å²) in [6.07, 6.45) is 0.527. The summed E-state index contributed by atoms with van der Waals surface area (Å²) in [6.45, 7) is 9.02. The van der Waals surface area contributed by atoms with Crippen molar-refractivity contribution in [3.05, 3.63) is 0 Å². The molecule has 0 aliphatic rings. The quantitative estimate of drug-likeness (QED) is 0.683. The van der Waals surface area contributed by atoms with Gasteiger partial charge in [0.05, 0.1) is 17.6 Å². The molecule has 1 atom stereocenters. The molecule has 78 valence electrons. The van der Waals surface area contributed by atoms with Crippen molar-refractivity contribution in [3.8, 4) is 0 Å². The minimum absolute atomic E-state index is 0.346. The second-order valence-electron chi connectivity index (χ2n) is 3.97. The Morgan fingerprint density at radius 3 is 2.08 bits per heavy atom. The van der Waals surface area contributed by atoms with Gasteiger partial charge in [-0.15, -0.1) is 0 Å². The Bertz CT molecular complexity index is 183. The maximum atomic E-state index is 11.5. The van der Waals surface area contributed by atoms with Gasteiger partial charge in [0.1, 0.15) is 0 Å². The molecular formula is C10H20O3. The van der Waals surface area contributed by atoms with Gasteiger partial charge in [0.2, 0.25) is 0 Å². The van der Waals surface area contributed by atoms with Crippen LogP contribution in [-0.2, 0) is 9.53 Å². The van der Waals surface area contributed by atoms with E-state index in [0.29, 0.717) is 13.0 Å². The average Bonchev–Trinajstić information content (AvgIpc) is 2.04. The normalized spacial score (nSPS) is 16.5. The van der Waals surface area contributed by atoms with Gasteiger partial charge in [-0.05, 0) is 34.1 Å². The summed E-state index contributed by atoms with van der Waals surface area (Å²) in [5.41, 5.74) is -1.86. The smallest absolute Gasteiger partial charge is 0.314 e. The molecule has 0 spiro atoms. The lowest BCUT2D eigenvalue weighted by Gasteiger charge is -2.36. The van der Waals surface area contributed by atoms with Crippen molar-refractivity contribution >= 4 is 5.97 Å². The number of hydrogen-bond donors (Lipinski definition) is 1. The molecule has 0 amide bonds. The molecule has 0 aromatic heterocycles. The van der Waals surface area contributed by atoms with E-state index in [1.54, 1.807) is 27.7 Å². The van der Waals surface area contributed by atoms with Gasteiger partial charge >= 0.3 is 5.97 Å². The summed E-state index contributed by atoms with van der Waals surface area (Å²) in [5.74, 6) is -0.346. The Morgan fingerprint density at radius 1 is 1.31 bits per heavy atom. The molecule has 0 saturated carbocycles. The maximum Gasteiger partial charge on any atom is 0.314 e. The lowest BCUT2D eigenvalue weighted by Crippen LogP contribution is -2.47. The predicted molar refractivity (Wildman–Crippen MR) is 51.3 cm³/mol. The van der Waals surface area contributed by atoms with Gasteiger partial charge in [-0.2, -0.15) is 0 Å². The monoisotopic (exact) mass is 188 g/mol. The first-order chi connectivity index (χ1) is 5.79. The highest BCUT2D eigenvalue weighted by molar-refractivity contribution is 5.77. The van der Waals surface area contributed by atoms with Gasteiger partial charge in [-0.1, -0.05) is 6.92 Å². The molecule has 0 aromatic rings. The Kier molecular flexibility index (Phi) is 3.91. The molecule has 3 heteroatoms. The fourth-order valence-electron chi connectivity index (χ4n) is 0.973. The fraction of sp³-hybridized carbons (Fsp3) is 0.900. The van der Waals surface area contributed by atoms with E-state index in [9.17, 15) is 9.90 Å². The first-order valence-electron chi connectivity index (χ1n) is 4.69. The first kappa shape index (κ1) is 12.4. The number of esters is 1. The molecule has 0 aliphatic carbocycles. The zero-order valence-electron chi connectivity index (χ0n) is 9.18. The summed E-state index contributed by atoms with van der Waals surface area (Å²) < 4.78 is 4.90. The molecule has 0 aliphatic heterocycles. The van der Waals surface area contributed by atoms with E-state index in [1.807, 2.05) is 6.92 Å². The highest BCUT2D eigenvalue weighted by Crippen LogP contribution is 2.34. The lowest BCUT2D eigenvalue weighted by atomic mass is 9.74. The van der Waals surface area contributed by atoms with Crippen LogP contribution in [-0.4, -0.2) is 23.3 Å². The average molecular weight is 188 g/mol. The number of carbonyl (C=O) groups is 1. The van der Waals surface area contributed by atoms with E-state index in [-0.39, 0.29) is 5.97 Å². The molecular weight excluding hydrogens is 168 g/mol. The van der Waals surface area contributed by atoms with Gasteiger partial charge in [0.25, 0.3) is 0 Å². The molecule has 0 heterocycles. The van der Waals surface area contributed by atoms with Crippen molar-refractivity contribution in [2.24, 2.45) is 5.41 Å². The molecule has 1 unspecified atom stereocenters. The van der Waals surface area contributed by atoms with Crippen LogP contribution in [0.5, 0.6) is 0 Å². The number of ether oxygens (including phenoxy) is 1. The van der Waals surface area contributed by atoms with Crippen LogP contribution in [0.4, 0.5) is 0 Å². The second-order valence-corrected chi connectivity index (χ2v) is 3.97. The predicted octanol–water partition coefficient (Wildman–Crippen LogP) is 1.74. The zero-order valence-corrected chi connectivity index (χ0v) is 9.18. The number of carbonyl (C=O) groups excluding carboxylic acids is 1. The Balaban J connectivity index is 4.64. The highest BCUT2D eigenvalue weighted by atomic mass is 16.5. The molecule has 0 aromatic carbocycles. The second kappa shape index (κ2) is 4.09. The van der Waals surface area contributed by atoms with E-state index >= 15 is 0 Å². The summed E-state index contributed by atoms with van der Waals surface area (Å²) in [4.78, 5) is 11.5. The van der Waals surface area contributed by atoms with Gasteiger partial charge in [-0.3, -0.25) is 4.79 Å². The Labute approximate surface area is 80.1 Å². The summed E-state index contributed by atoms with van der Waals surface area (Å²) in [7, 11) is 0. The number of hydrogen-bond acceptors (Lipinski definition) is 3. The van der Waals surface area contributed by atoms with Crippen LogP contribution in [0.15, 0.2) is 0 Å². The Morgan fingerprint density at radius 2 is 1.77 bits per heavy atom. The number of aliphatic hydroxyl groups is 1. The third kappa shape index (κ3) is 2.44. The molecule has 13 heavy (non-hydrogen) atoms. The van der Waals surface area contributed by atoms with E-state index in [2.05, 4.69) is 0 Å². The van der Waals surface area contributed by atoms with Gasteiger partial charge in [-0.25, -0.2) is 0 Å². The molecule has 0 bridgehead atoms. The van der Waals surface area contributed by atoms with Gasteiger partial charge < -0.3 is 9.84 Å². The van der Waals surface area contributed by atoms with Crippen LogP contribution in [0.1, 0.15) is 41.0 Å². The van der Waals surface area contributed by atoms with Crippen molar-refractivity contribution in [3.63, 3.8) is 0 Å². The summed E-state index contributed by atoms with van der Waals surface area (Å²) in [5, 5.41) is 9.95. The van der Waals surface area contributed by atoms with E-state index in [1.165, 1.54) is 0 Å². The third-order valence-corrected chi connectivity index (χ3v) is 2.82. The standard InChI is InChI=1S/C10H20O3/c1-6-10(5,12)9(3,4)8(11)13-7-2/h12H,6-7H2,1-5H3. The van der Waals surface area contributed by atoms with Gasteiger partial charge in [0, 0.05) is 0 Å². The van der Waals surface area contributed by atoms with Crippen LogP contribution in [0, 0.1) is 5.41 Å². The molecule has 0 radical (unpaired) electrons. The first-order valence-corrected chi connectivity index (χ1v) is 4.69. The van der Waals surface area contributed by atoms with Crippen LogP contribution in [0.25, 0.3) is 0 Å². The summed E-state index contributed by atoms with van der Waals surface area (Å²) >= 11 is 0. The topological polar surface area (TPSA) is 46.5 Å². The fourth-order valence-corrected chi connectivity index (χ4v) is 0.973. The van der Waals surface area contributed by atoms with Crippen molar-refractivity contribution in [1.29, 1.82) is 0 Å². The van der Waals surface area contributed by atoms with E-state index in [0.717, 1.165) is 0 Å². The van der Waals surface area contributed by atoms with Crippen LogP contribution in [0.2, 0.25) is 0 Å². The van der Waals surface area contributed by atoms with E-state index < -0.39 is 11.0 Å². The van der Waals surface area contributed by atoms with Crippen LogP contribution >= 0.6 is 0 Å². The molecule has 3 nitrogen and oxygen atoms in total. The Hall–Kier alpha value is -0.570. The number of rotatable bonds is 4. The summed E-state index contributed by atoms with van der Waals surface area (Å²) in [6, 6.07) is 0. The van der Waals surface area contributed by atoms with E-state index in [4.69, 9.17) is 4.74 Å². The highest BCUT2D eigenvalue weighted by Gasteiger charge is 2.45. The van der Waals surface area contributed by atoms with Crippen molar-refractivity contribution in [2.45, 2.75) is 46.6 Å². The lowest BCUT2D eigenvalue weighted by molar-refractivity contribution is -0.169. The third-order valence-electron chi connectivity index (χ3n) is 2.82. The maximum absolute atomic E-state index is 11.5. The SMILES string of the molecule is CCOC(=O)C(C)(C)C(C)(O)CC. The van der Waals surface area contributed by atoms with Crippen molar-refractivity contribution in [2.75, 3.05) is 6.61 Å². The van der Waals surface area contributed by atoms with Crippen molar-refractivity contribution in [1.82, 2.24) is 0 Å². The minimum Gasteiger partial charge on any atom is -0.465 e. The molecule has 0 rings (SSSR count). The van der Waals surface area contributed by atoms with Crippen molar-refractivity contribution < 1.29 is 14.6 Å². The van der Waals surface area contributed by atoms with Gasteiger partial charge in [0.15, 0.2) is 0 Å².